The van der Waals surface area contributed by atoms with Crippen LogP contribution in [0, 0.1) is 12.7 Å². The summed E-state index contributed by atoms with van der Waals surface area (Å²) in [5.41, 5.74) is 5.54. The van der Waals surface area contributed by atoms with E-state index in [2.05, 4.69) is 38.7 Å². The van der Waals surface area contributed by atoms with Crippen LogP contribution in [0.25, 0.3) is 22.3 Å². The van der Waals surface area contributed by atoms with E-state index in [1.54, 1.807) is 11.0 Å². The number of aliphatic hydroxyl groups is 1. The van der Waals surface area contributed by atoms with Gasteiger partial charge in [0.15, 0.2) is 5.82 Å². The van der Waals surface area contributed by atoms with Crippen molar-refractivity contribution in [1.29, 1.82) is 0 Å². The summed E-state index contributed by atoms with van der Waals surface area (Å²) in [5, 5.41) is 12.2. The van der Waals surface area contributed by atoms with Crippen molar-refractivity contribution in [2.75, 3.05) is 18.5 Å². The van der Waals surface area contributed by atoms with Crippen LogP contribution in [0.2, 0.25) is 0 Å². The summed E-state index contributed by atoms with van der Waals surface area (Å²) >= 11 is 0. The van der Waals surface area contributed by atoms with E-state index in [4.69, 9.17) is 10.1 Å². The van der Waals surface area contributed by atoms with E-state index in [-0.39, 0.29) is 23.1 Å². The molecule has 0 atom stereocenters. The zero-order chi connectivity index (χ0) is 25.9. The first kappa shape index (κ1) is 23.5. The fourth-order valence-corrected chi connectivity index (χ4v) is 5.45. The fourth-order valence-electron chi connectivity index (χ4n) is 5.45. The largest absolute Gasteiger partial charge is 0.387 e. The van der Waals surface area contributed by atoms with Crippen molar-refractivity contribution in [2.45, 2.75) is 52.1 Å². The van der Waals surface area contributed by atoms with Crippen molar-refractivity contribution in [3.63, 3.8) is 0 Å². The molecule has 9 nitrogen and oxygen atoms in total. The molecule has 0 spiro atoms. The van der Waals surface area contributed by atoms with Crippen LogP contribution in [-0.2, 0) is 29.7 Å². The van der Waals surface area contributed by atoms with Crippen LogP contribution in [0.4, 0.5) is 16.2 Å². The second kappa shape index (κ2) is 8.58. The fraction of sp³-hybridized carbons (Fsp3) is 0.370. The summed E-state index contributed by atoms with van der Waals surface area (Å²) in [6.07, 6.45) is 3.70. The summed E-state index contributed by atoms with van der Waals surface area (Å²) < 4.78 is 17.3. The number of aryl methyl sites for hydroxylation is 2. The zero-order valence-corrected chi connectivity index (χ0v) is 21.0. The third kappa shape index (κ3) is 4.01. The number of hydrogen-bond donors (Lipinski definition) is 2. The van der Waals surface area contributed by atoms with Crippen molar-refractivity contribution < 1.29 is 14.3 Å². The second-order valence-electron chi connectivity index (χ2n) is 10.4. The molecule has 6 rings (SSSR count). The average Bonchev–Trinajstić information content (AvgIpc) is 3.42. The highest BCUT2D eigenvalue weighted by atomic mass is 19.1. The van der Waals surface area contributed by atoms with Crippen LogP contribution in [-0.4, -0.2) is 53.6 Å². The number of nitrogens with one attached hydrogen (secondary N) is 1. The van der Waals surface area contributed by atoms with Crippen LogP contribution in [0.3, 0.4) is 0 Å². The lowest BCUT2D eigenvalue weighted by Crippen LogP contribution is -2.37. The highest BCUT2D eigenvalue weighted by Gasteiger charge is 2.32. The van der Waals surface area contributed by atoms with Crippen LogP contribution >= 0.6 is 0 Å². The number of carbonyl (C=O) groups is 1. The molecule has 37 heavy (non-hydrogen) atoms. The Balaban J connectivity index is 1.32. The summed E-state index contributed by atoms with van der Waals surface area (Å²) in [6, 6.07) is 7.57. The Kier molecular flexibility index (Phi) is 5.45. The van der Waals surface area contributed by atoms with Gasteiger partial charge in [0.2, 0.25) is 11.9 Å². The maximum absolute atomic E-state index is 15.0. The second-order valence-corrected chi connectivity index (χ2v) is 10.4. The smallest absolute Gasteiger partial charge is 0.248 e. The van der Waals surface area contributed by atoms with E-state index in [9.17, 15) is 9.18 Å². The molecule has 2 N–H and O–H groups in total. The van der Waals surface area contributed by atoms with E-state index in [1.165, 1.54) is 6.20 Å². The summed E-state index contributed by atoms with van der Waals surface area (Å²) in [6.45, 7) is 6.81. The molecule has 2 aliphatic heterocycles. The summed E-state index contributed by atoms with van der Waals surface area (Å²) in [5.74, 6) is 1.05. The van der Waals surface area contributed by atoms with Crippen molar-refractivity contribution in [3.05, 3.63) is 58.9 Å². The SMILES string of the molecule is Cc1cc(-c2nc(Nc3ccc4c(n3)CCN(C(=O)CO)C4)ncc2F)cc2c1nc1n2C(C)(C)CC1. The first-order valence-electron chi connectivity index (χ1n) is 12.4. The predicted octanol–water partition coefficient (Wildman–Crippen LogP) is 3.64. The molecule has 0 saturated carbocycles. The van der Waals surface area contributed by atoms with E-state index in [1.807, 2.05) is 25.1 Å². The highest BCUT2D eigenvalue weighted by molar-refractivity contribution is 5.86. The number of rotatable bonds is 4. The molecule has 5 heterocycles. The van der Waals surface area contributed by atoms with Crippen LogP contribution < -0.4 is 5.32 Å². The van der Waals surface area contributed by atoms with Crippen LogP contribution in [0.5, 0.6) is 0 Å². The van der Waals surface area contributed by atoms with Gasteiger partial charge >= 0.3 is 0 Å². The zero-order valence-electron chi connectivity index (χ0n) is 21.0. The lowest BCUT2D eigenvalue weighted by molar-refractivity contribution is -0.135. The van der Waals surface area contributed by atoms with Crippen molar-refractivity contribution in [1.82, 2.24) is 29.4 Å². The molecule has 4 aromatic rings. The number of pyridine rings is 1. The lowest BCUT2D eigenvalue weighted by atomic mass is 10.0. The topological polar surface area (TPSA) is 109 Å². The Morgan fingerprint density at radius 2 is 2.03 bits per heavy atom. The van der Waals surface area contributed by atoms with Gasteiger partial charge in [-0.25, -0.2) is 24.3 Å². The van der Waals surface area contributed by atoms with Crippen molar-refractivity contribution in [3.8, 4) is 11.3 Å². The predicted molar refractivity (Wildman–Crippen MR) is 137 cm³/mol. The highest BCUT2D eigenvalue weighted by Crippen LogP contribution is 2.38. The number of nitrogens with zero attached hydrogens (tertiary/aromatic N) is 6. The number of benzene rings is 1. The molecule has 0 aliphatic carbocycles. The molecule has 2 aliphatic rings. The third-order valence-electron chi connectivity index (χ3n) is 7.38. The first-order chi connectivity index (χ1) is 17.7. The van der Waals surface area contributed by atoms with Crippen molar-refractivity contribution in [2.24, 2.45) is 0 Å². The van der Waals surface area contributed by atoms with Gasteiger partial charge in [0, 0.05) is 42.7 Å². The van der Waals surface area contributed by atoms with Gasteiger partial charge in [0.1, 0.15) is 23.9 Å². The van der Waals surface area contributed by atoms with Gasteiger partial charge in [0.25, 0.3) is 0 Å². The average molecular weight is 502 g/mol. The molecular formula is C27H28FN7O2. The molecular weight excluding hydrogens is 473 g/mol. The standard InChI is InChI=1S/C27H28FN7O2/c1-15-10-17(11-20-24(15)32-22-6-8-27(2,3)35(20)22)25-18(28)12-29-26(33-25)31-21-5-4-16-13-34(23(37)14-36)9-7-19(16)30-21/h4-5,10-12,36H,6-9,13-14H2,1-3H3,(H,29,30,31,33). The number of fused-ring (bicyclic) bond motifs is 4. The Labute approximate surface area is 213 Å². The van der Waals surface area contributed by atoms with E-state index < -0.39 is 12.4 Å². The number of imidazole rings is 1. The number of carbonyl (C=O) groups excluding carboxylic acids is 1. The molecule has 0 radical (unpaired) electrons. The van der Waals surface area contributed by atoms with E-state index in [0.29, 0.717) is 30.9 Å². The molecule has 0 unspecified atom stereocenters. The molecule has 0 fully saturated rings. The first-order valence-corrected chi connectivity index (χ1v) is 12.4. The van der Waals surface area contributed by atoms with E-state index in [0.717, 1.165) is 46.5 Å². The molecule has 1 aromatic carbocycles. The normalized spacial score (nSPS) is 16.1. The summed E-state index contributed by atoms with van der Waals surface area (Å²) in [7, 11) is 0. The van der Waals surface area contributed by atoms with Gasteiger partial charge in [-0.05, 0) is 56.5 Å². The van der Waals surface area contributed by atoms with E-state index >= 15 is 0 Å². The third-order valence-corrected chi connectivity index (χ3v) is 7.38. The molecule has 1 amide bonds. The van der Waals surface area contributed by atoms with Gasteiger partial charge in [-0.2, -0.15) is 0 Å². The summed E-state index contributed by atoms with van der Waals surface area (Å²) in [4.78, 5) is 31.6. The monoisotopic (exact) mass is 501 g/mol. The molecule has 0 bridgehead atoms. The maximum atomic E-state index is 15.0. The maximum Gasteiger partial charge on any atom is 0.248 e. The van der Waals surface area contributed by atoms with Gasteiger partial charge in [0.05, 0.1) is 17.2 Å². The number of amides is 1. The number of halogens is 1. The number of aliphatic hydroxyl groups excluding tert-OH is 1. The molecule has 190 valence electrons. The number of aromatic nitrogens is 5. The van der Waals surface area contributed by atoms with Crippen LogP contribution in [0.1, 0.15) is 42.9 Å². The molecule has 10 heteroatoms. The Morgan fingerprint density at radius 3 is 2.84 bits per heavy atom. The molecule has 3 aromatic heterocycles. The minimum atomic E-state index is -0.503. The minimum absolute atomic E-state index is 0.0490. The Bertz CT molecular complexity index is 1560. The van der Waals surface area contributed by atoms with Gasteiger partial charge in [-0.15, -0.1) is 0 Å². The van der Waals surface area contributed by atoms with Crippen molar-refractivity contribution >= 4 is 28.7 Å². The number of hydrogen-bond acceptors (Lipinski definition) is 7. The Hall–Kier alpha value is -3.92. The van der Waals surface area contributed by atoms with Crippen LogP contribution in [0.15, 0.2) is 30.5 Å². The minimum Gasteiger partial charge on any atom is -0.387 e. The number of anilines is 2. The van der Waals surface area contributed by atoms with Gasteiger partial charge in [-0.1, -0.05) is 6.07 Å². The Morgan fingerprint density at radius 1 is 1.19 bits per heavy atom. The quantitative estimate of drug-likeness (QED) is 0.439. The lowest BCUT2D eigenvalue weighted by Gasteiger charge is -2.28. The van der Waals surface area contributed by atoms with Gasteiger partial charge in [-0.3, -0.25) is 4.79 Å². The molecule has 0 saturated heterocycles. The van der Waals surface area contributed by atoms with Gasteiger partial charge < -0.3 is 19.9 Å².